The third-order valence-electron chi connectivity index (χ3n) is 3.91. The zero-order valence-electron chi connectivity index (χ0n) is 15.6. The highest BCUT2D eigenvalue weighted by molar-refractivity contribution is 6.21. The van der Waals surface area contributed by atoms with Gasteiger partial charge in [0.05, 0.1) is 37.5 Å². The van der Waals surface area contributed by atoms with Gasteiger partial charge in [-0.2, -0.15) is 0 Å². The fourth-order valence-electron chi connectivity index (χ4n) is 2.73. The summed E-state index contributed by atoms with van der Waals surface area (Å²) in [7, 11) is 3.41. The van der Waals surface area contributed by atoms with Crippen molar-refractivity contribution in [3.8, 4) is 17.8 Å². The number of fused-ring (bicyclic) bond motifs is 6. The monoisotopic (exact) mass is 420 g/mol. The minimum absolute atomic E-state index is 0.179. The van der Waals surface area contributed by atoms with Gasteiger partial charge in [0.15, 0.2) is 16.7 Å². The molecule has 4 rings (SSSR count). The zero-order valence-corrected chi connectivity index (χ0v) is 15.6. The summed E-state index contributed by atoms with van der Waals surface area (Å²) in [6, 6.07) is 4.11. The molecule has 12 nitrogen and oxygen atoms in total. The maximum Gasteiger partial charge on any atom is 0.516 e. The summed E-state index contributed by atoms with van der Waals surface area (Å²) in [6.45, 7) is 0. The summed E-state index contributed by atoms with van der Waals surface area (Å²) in [5, 5.41) is 1.05. The SMILES string of the molecule is COC(=O)Oc1cc2c(o1)c1cc(OC(=O)OC)oc1c1cc(OC(=O)OC)oc21. The van der Waals surface area contributed by atoms with E-state index < -0.39 is 18.5 Å². The molecule has 0 aliphatic heterocycles. The van der Waals surface area contributed by atoms with Crippen LogP contribution in [0.15, 0.2) is 31.5 Å². The number of hydrogen-bond donors (Lipinski definition) is 0. The Bertz CT molecular complexity index is 1030. The first-order valence-electron chi connectivity index (χ1n) is 8.13. The van der Waals surface area contributed by atoms with Crippen molar-refractivity contribution in [3.05, 3.63) is 18.2 Å². The van der Waals surface area contributed by atoms with E-state index >= 15 is 0 Å². The number of furan rings is 3. The van der Waals surface area contributed by atoms with Crippen molar-refractivity contribution in [1.29, 1.82) is 0 Å². The molecule has 156 valence electrons. The minimum atomic E-state index is -1.00. The average Bonchev–Trinajstić information content (AvgIpc) is 3.43. The molecule has 0 aliphatic carbocycles. The lowest BCUT2D eigenvalue weighted by Gasteiger charge is -1.96. The predicted molar refractivity (Wildman–Crippen MR) is 94.9 cm³/mol. The van der Waals surface area contributed by atoms with Gasteiger partial charge in [0.2, 0.25) is 0 Å². The van der Waals surface area contributed by atoms with E-state index in [1.54, 1.807) is 0 Å². The normalized spacial score (nSPS) is 10.9. The van der Waals surface area contributed by atoms with Gasteiger partial charge < -0.3 is 41.7 Å². The van der Waals surface area contributed by atoms with E-state index in [-0.39, 0.29) is 34.6 Å². The second kappa shape index (κ2) is 7.24. The number of ether oxygens (including phenoxy) is 6. The molecular formula is C18H12O12. The van der Waals surface area contributed by atoms with Gasteiger partial charge in [-0.15, -0.1) is 0 Å². The van der Waals surface area contributed by atoms with Crippen LogP contribution in [0.2, 0.25) is 0 Å². The standard InChI is InChI=1S/C18H12O12/c1-22-16(19)28-10-4-7-13(25-10)8-5-11(29-17(20)23-2)27-15(8)9-6-12(26-14(7)9)30-18(21)24-3/h4-6H,1-3H3. The highest BCUT2D eigenvalue weighted by Gasteiger charge is 2.24. The van der Waals surface area contributed by atoms with Gasteiger partial charge in [-0.05, 0) is 0 Å². The summed E-state index contributed by atoms with van der Waals surface area (Å²) in [5.41, 5.74) is 0.538. The Morgan fingerprint density at radius 2 is 0.833 bits per heavy atom. The number of carbonyl (C=O) groups excluding carboxylic acids is 3. The molecule has 0 atom stereocenters. The molecule has 0 amide bonds. The van der Waals surface area contributed by atoms with E-state index in [2.05, 4.69) is 14.2 Å². The molecule has 12 heteroatoms. The van der Waals surface area contributed by atoms with E-state index in [0.29, 0.717) is 16.2 Å². The fourth-order valence-corrected chi connectivity index (χ4v) is 2.73. The van der Waals surface area contributed by atoms with Crippen molar-refractivity contribution < 1.29 is 56.1 Å². The number of hydrogen-bond acceptors (Lipinski definition) is 12. The first kappa shape index (κ1) is 19.0. The first-order valence-corrected chi connectivity index (χ1v) is 8.13. The average molecular weight is 420 g/mol. The summed E-state index contributed by atoms with van der Waals surface area (Å²) in [5.74, 6) is -0.600. The highest BCUT2D eigenvalue weighted by atomic mass is 16.8. The molecule has 3 heterocycles. The number of benzene rings is 1. The Kier molecular flexibility index (Phi) is 4.58. The minimum Gasteiger partial charge on any atom is -0.437 e. The fraction of sp³-hybridized carbons (Fsp3) is 0.167. The lowest BCUT2D eigenvalue weighted by atomic mass is 10.1. The van der Waals surface area contributed by atoms with Crippen molar-refractivity contribution in [2.45, 2.75) is 0 Å². The van der Waals surface area contributed by atoms with Gasteiger partial charge in [-0.3, -0.25) is 0 Å². The maximum absolute atomic E-state index is 11.4. The number of methoxy groups -OCH3 is 3. The van der Waals surface area contributed by atoms with Gasteiger partial charge >= 0.3 is 18.5 Å². The van der Waals surface area contributed by atoms with E-state index in [4.69, 9.17) is 27.5 Å². The Labute approximate surface area is 165 Å². The summed E-state index contributed by atoms with van der Waals surface area (Å²) in [4.78, 5) is 34.2. The van der Waals surface area contributed by atoms with Gasteiger partial charge in [0, 0.05) is 18.2 Å². The highest BCUT2D eigenvalue weighted by Crippen LogP contribution is 2.44. The van der Waals surface area contributed by atoms with Crippen LogP contribution in [0.5, 0.6) is 17.8 Å². The van der Waals surface area contributed by atoms with E-state index in [1.165, 1.54) is 18.2 Å². The van der Waals surface area contributed by atoms with Crippen molar-refractivity contribution in [2.24, 2.45) is 0 Å². The summed E-state index contributed by atoms with van der Waals surface area (Å²) < 4.78 is 44.8. The second-order valence-corrected chi connectivity index (χ2v) is 5.59. The molecule has 0 bridgehead atoms. The summed E-state index contributed by atoms with van der Waals surface area (Å²) in [6.07, 6.45) is -3.01. The molecule has 3 aromatic heterocycles. The third-order valence-corrected chi connectivity index (χ3v) is 3.91. The molecule has 4 aromatic rings. The van der Waals surface area contributed by atoms with Crippen LogP contribution in [0.25, 0.3) is 32.9 Å². The van der Waals surface area contributed by atoms with Crippen LogP contribution >= 0.6 is 0 Å². The number of rotatable bonds is 3. The molecule has 0 aliphatic rings. The van der Waals surface area contributed by atoms with Gasteiger partial charge in [-0.25, -0.2) is 14.4 Å². The molecule has 0 saturated heterocycles. The van der Waals surface area contributed by atoms with Gasteiger partial charge in [0.25, 0.3) is 17.8 Å². The van der Waals surface area contributed by atoms with Crippen LogP contribution in [0.1, 0.15) is 0 Å². The number of carbonyl (C=O) groups is 3. The molecule has 30 heavy (non-hydrogen) atoms. The largest absolute Gasteiger partial charge is 0.516 e. The molecule has 1 aromatic carbocycles. The van der Waals surface area contributed by atoms with Gasteiger partial charge in [-0.1, -0.05) is 0 Å². The lowest BCUT2D eigenvalue weighted by Crippen LogP contribution is -2.06. The van der Waals surface area contributed by atoms with Crippen molar-refractivity contribution >= 4 is 51.4 Å². The molecule has 0 spiro atoms. The third kappa shape index (κ3) is 3.19. The Hall–Kier alpha value is -4.35. The molecule has 0 unspecified atom stereocenters. The Balaban J connectivity index is 1.94. The van der Waals surface area contributed by atoms with Gasteiger partial charge in [0.1, 0.15) is 0 Å². The van der Waals surface area contributed by atoms with Crippen molar-refractivity contribution in [2.75, 3.05) is 21.3 Å². The van der Waals surface area contributed by atoms with Crippen molar-refractivity contribution in [1.82, 2.24) is 0 Å². The van der Waals surface area contributed by atoms with E-state index in [0.717, 1.165) is 21.3 Å². The molecular weight excluding hydrogens is 408 g/mol. The Morgan fingerprint density at radius 3 is 1.07 bits per heavy atom. The maximum atomic E-state index is 11.4. The van der Waals surface area contributed by atoms with Crippen LogP contribution in [0, 0.1) is 0 Å². The first-order chi connectivity index (χ1) is 14.4. The van der Waals surface area contributed by atoms with E-state index in [9.17, 15) is 14.4 Å². The van der Waals surface area contributed by atoms with Crippen LogP contribution in [0.4, 0.5) is 14.4 Å². The molecule has 0 N–H and O–H groups in total. The molecule has 0 saturated carbocycles. The smallest absolute Gasteiger partial charge is 0.437 e. The van der Waals surface area contributed by atoms with Crippen LogP contribution in [-0.2, 0) is 14.2 Å². The van der Waals surface area contributed by atoms with Crippen LogP contribution < -0.4 is 14.2 Å². The second-order valence-electron chi connectivity index (χ2n) is 5.59. The van der Waals surface area contributed by atoms with E-state index in [1.807, 2.05) is 0 Å². The lowest BCUT2D eigenvalue weighted by molar-refractivity contribution is 0.111. The molecule has 0 fully saturated rings. The quantitative estimate of drug-likeness (QED) is 0.342. The zero-order chi connectivity index (χ0) is 21.4. The van der Waals surface area contributed by atoms with Crippen LogP contribution in [-0.4, -0.2) is 39.8 Å². The van der Waals surface area contributed by atoms with Crippen molar-refractivity contribution in [3.63, 3.8) is 0 Å². The predicted octanol–water partition coefficient (Wildman–Crippen LogP) is 4.36. The Morgan fingerprint density at radius 1 is 0.567 bits per heavy atom. The topological polar surface area (TPSA) is 146 Å². The summed E-state index contributed by atoms with van der Waals surface area (Å²) >= 11 is 0. The molecule has 0 radical (unpaired) electrons. The van der Waals surface area contributed by atoms with Crippen LogP contribution in [0.3, 0.4) is 0 Å².